The van der Waals surface area contributed by atoms with Crippen LogP contribution in [0.25, 0.3) is 0 Å². The van der Waals surface area contributed by atoms with Crippen LogP contribution in [-0.4, -0.2) is 16.8 Å². The molecule has 0 radical (unpaired) electrons. The largest absolute Gasteiger partial charge is 0.308 e. The average Bonchev–Trinajstić information content (AvgIpc) is 2.76. The van der Waals surface area contributed by atoms with Gasteiger partial charge in [0.25, 0.3) is 0 Å². The molecule has 0 saturated carbocycles. The molecule has 1 atom stereocenters. The van der Waals surface area contributed by atoms with Crippen molar-refractivity contribution in [2.75, 3.05) is 7.05 Å². The first kappa shape index (κ1) is 15.3. The van der Waals surface area contributed by atoms with E-state index in [9.17, 15) is 0 Å². The van der Waals surface area contributed by atoms with E-state index in [1.165, 1.54) is 9.13 Å². The molecule has 102 valence electrons. The predicted molar refractivity (Wildman–Crippen MR) is 90.7 cm³/mol. The molecule has 2 rings (SSSR count). The van der Waals surface area contributed by atoms with Crippen LogP contribution in [-0.2, 0) is 6.54 Å². The second kappa shape index (κ2) is 6.56. The normalized spacial score (nSPS) is 12.7. The lowest BCUT2D eigenvalue weighted by atomic mass is 10.0. The van der Waals surface area contributed by atoms with Gasteiger partial charge in [-0.2, -0.15) is 5.10 Å². The number of nitrogens with zero attached hydrogens (tertiary/aromatic N) is 2. The molecule has 0 fully saturated rings. The third-order valence-electron chi connectivity index (χ3n) is 2.96. The molecular formula is C13H14BrClIN3. The van der Waals surface area contributed by atoms with Crippen molar-refractivity contribution in [3.8, 4) is 0 Å². The number of hydrogen-bond donors (Lipinski definition) is 1. The molecule has 1 N–H and O–H groups in total. The zero-order valence-corrected chi connectivity index (χ0v) is 15.1. The standard InChI is InChI=1S/C13H14BrClIN3/c1-3-19-13(10(15)7-18-19)12(17-2)9-6-8(14)4-5-11(9)16/h4-7,12,17H,3H2,1-2H3. The lowest BCUT2D eigenvalue weighted by Gasteiger charge is -2.20. The summed E-state index contributed by atoms with van der Waals surface area (Å²) in [6.07, 6.45) is 1.70. The summed E-state index contributed by atoms with van der Waals surface area (Å²) in [7, 11) is 1.94. The quantitative estimate of drug-likeness (QED) is 0.701. The SMILES string of the molecule is CCn1ncc(Cl)c1C(NC)c1cc(Br)ccc1I. The fraction of sp³-hybridized carbons (Fsp3) is 0.308. The van der Waals surface area contributed by atoms with Crippen LogP contribution in [0.3, 0.4) is 0 Å². The molecule has 2 aromatic rings. The highest BCUT2D eigenvalue weighted by Crippen LogP contribution is 2.32. The lowest BCUT2D eigenvalue weighted by molar-refractivity contribution is 0.562. The second-order valence-corrected chi connectivity index (χ2v) is 6.57. The van der Waals surface area contributed by atoms with Gasteiger partial charge in [-0.1, -0.05) is 27.5 Å². The van der Waals surface area contributed by atoms with E-state index in [-0.39, 0.29) is 6.04 Å². The Morgan fingerprint density at radius 1 is 1.53 bits per heavy atom. The summed E-state index contributed by atoms with van der Waals surface area (Å²) < 4.78 is 4.18. The van der Waals surface area contributed by atoms with Gasteiger partial charge in [0.05, 0.1) is 23.0 Å². The fourth-order valence-corrected chi connectivity index (χ4v) is 3.36. The minimum atomic E-state index is 0.0272. The number of halogens is 3. The maximum atomic E-state index is 6.30. The van der Waals surface area contributed by atoms with Gasteiger partial charge in [-0.15, -0.1) is 0 Å². The van der Waals surface area contributed by atoms with Gasteiger partial charge in [0.15, 0.2) is 0 Å². The van der Waals surface area contributed by atoms with E-state index in [1.807, 2.05) is 17.8 Å². The fourth-order valence-electron chi connectivity index (χ4n) is 2.09. The van der Waals surface area contributed by atoms with Crippen molar-refractivity contribution >= 4 is 50.1 Å². The molecular weight excluding hydrogens is 440 g/mol. The molecule has 1 aromatic carbocycles. The number of nitrogens with one attached hydrogen (secondary N) is 1. The van der Waals surface area contributed by atoms with Crippen LogP contribution >= 0.6 is 50.1 Å². The van der Waals surface area contributed by atoms with E-state index >= 15 is 0 Å². The predicted octanol–water partition coefficient (Wildman–Crippen LogP) is 4.23. The van der Waals surface area contributed by atoms with Crippen molar-refractivity contribution < 1.29 is 0 Å². The van der Waals surface area contributed by atoms with E-state index in [4.69, 9.17) is 11.6 Å². The number of benzene rings is 1. The Bertz CT molecular complexity index is 585. The van der Waals surface area contributed by atoms with Crippen LogP contribution in [0.4, 0.5) is 0 Å². The molecule has 6 heteroatoms. The zero-order valence-electron chi connectivity index (χ0n) is 10.6. The Morgan fingerprint density at radius 2 is 2.26 bits per heavy atom. The number of rotatable bonds is 4. The number of aryl methyl sites for hydroxylation is 1. The average molecular weight is 455 g/mol. The molecule has 0 spiro atoms. The van der Waals surface area contributed by atoms with Crippen LogP contribution in [0.5, 0.6) is 0 Å². The Hall–Kier alpha value is -0.110. The third-order valence-corrected chi connectivity index (χ3v) is 4.73. The molecule has 0 amide bonds. The van der Waals surface area contributed by atoms with E-state index in [0.29, 0.717) is 5.02 Å². The molecule has 0 bridgehead atoms. The monoisotopic (exact) mass is 453 g/mol. The smallest absolute Gasteiger partial charge is 0.0837 e. The molecule has 0 aliphatic heterocycles. The molecule has 1 aromatic heterocycles. The van der Waals surface area contributed by atoms with Crippen LogP contribution in [0, 0.1) is 3.57 Å². The third kappa shape index (κ3) is 3.15. The zero-order chi connectivity index (χ0) is 14.0. The van der Waals surface area contributed by atoms with Crippen molar-refractivity contribution in [2.45, 2.75) is 19.5 Å². The summed E-state index contributed by atoms with van der Waals surface area (Å²) >= 11 is 12.2. The van der Waals surface area contributed by atoms with E-state index in [2.05, 4.69) is 68.0 Å². The van der Waals surface area contributed by atoms with Crippen molar-refractivity contribution in [1.82, 2.24) is 15.1 Å². The highest BCUT2D eigenvalue weighted by molar-refractivity contribution is 14.1. The summed E-state index contributed by atoms with van der Waals surface area (Å²) in [6, 6.07) is 6.27. The van der Waals surface area contributed by atoms with Crippen LogP contribution in [0.1, 0.15) is 24.2 Å². The molecule has 1 heterocycles. The topological polar surface area (TPSA) is 29.9 Å². The molecule has 0 aliphatic rings. The van der Waals surface area contributed by atoms with Gasteiger partial charge in [-0.25, -0.2) is 0 Å². The number of hydrogen-bond acceptors (Lipinski definition) is 2. The second-order valence-electron chi connectivity index (χ2n) is 4.08. The van der Waals surface area contributed by atoms with Gasteiger partial charge < -0.3 is 5.32 Å². The van der Waals surface area contributed by atoms with Crippen LogP contribution < -0.4 is 5.32 Å². The molecule has 3 nitrogen and oxygen atoms in total. The van der Waals surface area contributed by atoms with Gasteiger partial charge in [0.1, 0.15) is 0 Å². The van der Waals surface area contributed by atoms with Crippen molar-refractivity contribution in [3.05, 3.63) is 48.7 Å². The van der Waals surface area contributed by atoms with Gasteiger partial charge >= 0.3 is 0 Å². The van der Waals surface area contributed by atoms with Crippen molar-refractivity contribution in [3.63, 3.8) is 0 Å². The highest BCUT2D eigenvalue weighted by atomic mass is 127. The van der Waals surface area contributed by atoms with E-state index in [0.717, 1.165) is 16.7 Å². The van der Waals surface area contributed by atoms with E-state index in [1.54, 1.807) is 6.20 Å². The maximum Gasteiger partial charge on any atom is 0.0837 e. The first-order valence-electron chi connectivity index (χ1n) is 5.91. The Balaban J connectivity index is 2.56. The summed E-state index contributed by atoms with van der Waals surface area (Å²) in [5.74, 6) is 0. The molecule has 0 saturated heterocycles. The first-order valence-corrected chi connectivity index (χ1v) is 8.16. The first-order chi connectivity index (χ1) is 9.08. The highest BCUT2D eigenvalue weighted by Gasteiger charge is 2.22. The number of aromatic nitrogens is 2. The maximum absolute atomic E-state index is 6.30. The summed E-state index contributed by atoms with van der Waals surface area (Å²) in [5, 5.41) is 8.34. The Labute approximate surface area is 140 Å². The minimum absolute atomic E-state index is 0.0272. The summed E-state index contributed by atoms with van der Waals surface area (Å²) in [4.78, 5) is 0. The van der Waals surface area contributed by atoms with Crippen LogP contribution in [0.2, 0.25) is 5.02 Å². The minimum Gasteiger partial charge on any atom is -0.308 e. The summed E-state index contributed by atoms with van der Waals surface area (Å²) in [6.45, 7) is 2.86. The molecule has 1 unspecified atom stereocenters. The van der Waals surface area contributed by atoms with E-state index < -0.39 is 0 Å². The molecule has 0 aliphatic carbocycles. The lowest BCUT2D eigenvalue weighted by Crippen LogP contribution is -2.22. The summed E-state index contributed by atoms with van der Waals surface area (Å²) in [5.41, 5.74) is 2.19. The van der Waals surface area contributed by atoms with Crippen molar-refractivity contribution in [1.29, 1.82) is 0 Å². The van der Waals surface area contributed by atoms with Gasteiger partial charge in [0, 0.05) is 14.6 Å². The van der Waals surface area contributed by atoms with Gasteiger partial charge in [-0.3, -0.25) is 4.68 Å². The van der Waals surface area contributed by atoms with Crippen LogP contribution in [0.15, 0.2) is 28.9 Å². The Morgan fingerprint density at radius 3 is 2.89 bits per heavy atom. The van der Waals surface area contributed by atoms with Gasteiger partial charge in [0.2, 0.25) is 0 Å². The Kier molecular flexibility index (Phi) is 5.28. The van der Waals surface area contributed by atoms with Crippen molar-refractivity contribution in [2.24, 2.45) is 0 Å². The van der Waals surface area contributed by atoms with Gasteiger partial charge in [-0.05, 0) is 60.3 Å². The molecule has 19 heavy (non-hydrogen) atoms.